The van der Waals surface area contributed by atoms with Gasteiger partial charge in [-0.2, -0.15) is 22.9 Å². The Morgan fingerprint density at radius 3 is 1.54 bits per heavy atom. The zero-order valence-corrected chi connectivity index (χ0v) is 29.9. The molecule has 0 aliphatic carbocycles. The smallest absolute Gasteiger partial charge is 0.503 e. The molecule has 0 N–H and O–H groups in total. The number of hydrogen-bond donors (Lipinski definition) is 0. The third-order valence-corrected chi connectivity index (χ3v) is 7.95. The summed E-state index contributed by atoms with van der Waals surface area (Å²) in [5.41, 5.74) is 5.34. The van der Waals surface area contributed by atoms with Crippen LogP contribution in [0.2, 0.25) is 0 Å². The number of benzene rings is 4. The van der Waals surface area contributed by atoms with E-state index in [9.17, 15) is 0 Å². The summed E-state index contributed by atoms with van der Waals surface area (Å²) in [6, 6.07) is 44.2. The second kappa shape index (κ2) is 15.2. The summed E-state index contributed by atoms with van der Waals surface area (Å²) in [6.45, 7) is 0. The third kappa shape index (κ3) is 6.92. The second-order valence-electron chi connectivity index (χ2n) is 11.1. The predicted octanol–water partition coefficient (Wildman–Crippen LogP) is 9.13. The topological polar surface area (TPSA) is 101 Å². The number of hydrogen-bond acceptors (Lipinski definition) is 8. The normalized spacial score (nSPS) is 10.8. The molecule has 0 fully saturated rings. The minimum absolute atomic E-state index is 0. The largest absolute Gasteiger partial charge is 2.00 e. The van der Waals surface area contributed by atoms with E-state index >= 15 is 0 Å². The maximum absolute atomic E-state index is 6.30. The molecule has 52 heavy (non-hydrogen) atoms. The van der Waals surface area contributed by atoms with Crippen LogP contribution in [0.15, 0.2) is 139 Å². The maximum atomic E-state index is 6.30. The zero-order valence-electron chi connectivity index (χ0n) is 26.7. The fourth-order valence-corrected chi connectivity index (χ4v) is 5.66. The van der Waals surface area contributed by atoms with Gasteiger partial charge in [-0.15, -0.1) is 71.8 Å². The number of aromatic nitrogens is 6. The average molecular weight is 860 g/mol. The second-order valence-corrected chi connectivity index (χ2v) is 11.1. The van der Waals surface area contributed by atoms with Crippen LogP contribution in [0.4, 0.5) is 0 Å². The fourth-order valence-electron chi connectivity index (χ4n) is 5.66. The molecule has 254 valence electrons. The van der Waals surface area contributed by atoms with Crippen molar-refractivity contribution in [2.45, 2.75) is 0 Å². The van der Waals surface area contributed by atoms with Gasteiger partial charge in [0.25, 0.3) is 0 Å². The van der Waals surface area contributed by atoms with Crippen LogP contribution >= 0.6 is 0 Å². The Morgan fingerprint density at radius 2 is 1.06 bits per heavy atom. The molecule has 0 unspecified atom stereocenters. The quantitative estimate of drug-likeness (QED) is 0.110. The molecular formula is C41H22N6O3Pd2. The molecule has 0 spiro atoms. The summed E-state index contributed by atoms with van der Waals surface area (Å²) >= 11 is 0. The van der Waals surface area contributed by atoms with Crippen molar-refractivity contribution in [2.24, 2.45) is 0 Å². The van der Waals surface area contributed by atoms with Crippen molar-refractivity contribution in [3.8, 4) is 62.8 Å². The summed E-state index contributed by atoms with van der Waals surface area (Å²) in [7, 11) is 0. The van der Waals surface area contributed by atoms with Gasteiger partial charge in [-0.3, -0.25) is 0 Å². The van der Waals surface area contributed by atoms with Crippen molar-refractivity contribution in [1.82, 2.24) is 29.5 Å². The molecule has 0 bridgehead atoms. The number of ether oxygens (including phenoxy) is 2. The van der Waals surface area contributed by atoms with Crippen molar-refractivity contribution >= 4 is 21.8 Å². The molecule has 0 aliphatic heterocycles. The minimum Gasteiger partial charge on any atom is -0.503 e. The standard InChI is InChI=1S/C41H22N6O3.2Pd/c1-3-17-43-36(11-1)27-7-5-9-30(19-27)49-32-13-15-34-35-16-14-33(50-31-10-6-8-28(20-31)37-12-2-4-18-44-37)22-39(35)47(38(34)21-32)41-45-23-29(24-46-41)40-25-42-26-48-40;;/h1-18,23-26H;;/q-4;2*+2. The minimum atomic E-state index is 0. The van der Waals surface area contributed by atoms with Crippen LogP contribution in [-0.2, 0) is 40.8 Å². The number of nitrogens with zero attached hydrogens (tertiary/aromatic N) is 6. The van der Waals surface area contributed by atoms with Crippen LogP contribution in [0, 0.1) is 24.3 Å². The molecule has 0 saturated heterocycles. The molecule has 9 nitrogen and oxygen atoms in total. The fraction of sp³-hybridized carbons (Fsp3) is 0. The van der Waals surface area contributed by atoms with Crippen molar-refractivity contribution in [3.63, 3.8) is 0 Å². The van der Waals surface area contributed by atoms with Crippen molar-refractivity contribution in [2.75, 3.05) is 0 Å². The Hall–Kier alpha value is -5.81. The van der Waals surface area contributed by atoms with Crippen LogP contribution < -0.4 is 9.47 Å². The first-order valence-corrected chi connectivity index (χ1v) is 15.6. The number of fused-ring (bicyclic) bond motifs is 3. The number of rotatable bonds is 8. The molecule has 0 saturated carbocycles. The van der Waals surface area contributed by atoms with Gasteiger partial charge in [-0.1, -0.05) is 47.4 Å². The first kappa shape index (κ1) is 34.6. The molecule has 5 aromatic heterocycles. The van der Waals surface area contributed by atoms with E-state index in [1.165, 1.54) is 6.39 Å². The summed E-state index contributed by atoms with van der Waals surface area (Å²) in [6.07, 6.45) is 9.88. The number of oxazole rings is 1. The molecule has 0 aliphatic rings. The van der Waals surface area contributed by atoms with Crippen molar-refractivity contribution < 1.29 is 54.7 Å². The van der Waals surface area contributed by atoms with Crippen LogP contribution in [0.5, 0.6) is 23.0 Å². The van der Waals surface area contributed by atoms with Gasteiger partial charge in [0.1, 0.15) is 0 Å². The summed E-state index contributed by atoms with van der Waals surface area (Å²) < 4.78 is 19.9. The monoisotopic (exact) mass is 858 g/mol. The summed E-state index contributed by atoms with van der Waals surface area (Å²) in [5, 5.41) is 1.82. The van der Waals surface area contributed by atoms with E-state index in [2.05, 4.69) is 39.2 Å². The predicted molar refractivity (Wildman–Crippen MR) is 187 cm³/mol. The van der Waals surface area contributed by atoms with E-state index < -0.39 is 0 Å². The van der Waals surface area contributed by atoms with Crippen LogP contribution in [-0.4, -0.2) is 29.5 Å². The van der Waals surface area contributed by atoms with Gasteiger partial charge in [-0.25, -0.2) is 15.0 Å². The molecular weight excluding hydrogens is 837 g/mol. The van der Waals surface area contributed by atoms with E-state index in [0.29, 0.717) is 51.3 Å². The SMILES string of the molecule is [Pd+2].[Pd+2].[c-]1c(Oc2[c-]c3c(cc2)c2ccc(Oc4[c-]c(-c5ccccn5)ccc4)[c-]c2n3-c2ncc(-c3cnco3)cn2)cccc1-c1ccccn1. The maximum Gasteiger partial charge on any atom is 2.00 e. The van der Waals surface area contributed by atoms with Gasteiger partial charge in [0.2, 0.25) is 5.95 Å². The molecule has 9 rings (SSSR count). The average Bonchev–Trinajstić information content (AvgIpc) is 3.83. The summed E-state index contributed by atoms with van der Waals surface area (Å²) in [5.74, 6) is 3.02. The van der Waals surface area contributed by atoms with E-state index in [0.717, 1.165) is 33.3 Å². The first-order valence-electron chi connectivity index (χ1n) is 15.6. The Labute approximate surface area is 325 Å². The van der Waals surface area contributed by atoms with Gasteiger partial charge in [-0.05, 0) is 23.5 Å². The number of pyridine rings is 2. The molecule has 0 atom stereocenters. The Balaban J connectivity index is 0.00000210. The van der Waals surface area contributed by atoms with E-state index in [4.69, 9.17) is 23.9 Å². The first-order chi connectivity index (χ1) is 24.7. The van der Waals surface area contributed by atoms with E-state index in [-0.39, 0.29) is 40.8 Å². The van der Waals surface area contributed by atoms with E-state index in [1.54, 1.807) is 31.0 Å². The van der Waals surface area contributed by atoms with Crippen molar-refractivity contribution in [1.29, 1.82) is 0 Å². The van der Waals surface area contributed by atoms with Gasteiger partial charge < -0.3 is 28.4 Å². The molecule has 11 heteroatoms. The Kier molecular flexibility index (Phi) is 10.1. The molecule has 0 amide bonds. The molecule has 0 radical (unpaired) electrons. The third-order valence-electron chi connectivity index (χ3n) is 7.95. The molecule has 9 aromatic rings. The van der Waals surface area contributed by atoms with Crippen LogP contribution in [0.3, 0.4) is 0 Å². The van der Waals surface area contributed by atoms with Gasteiger partial charge in [0.05, 0.1) is 11.8 Å². The van der Waals surface area contributed by atoms with Gasteiger partial charge in [0, 0.05) is 47.8 Å². The van der Waals surface area contributed by atoms with Crippen LogP contribution in [0.1, 0.15) is 0 Å². The Morgan fingerprint density at radius 1 is 0.519 bits per heavy atom. The van der Waals surface area contributed by atoms with E-state index in [1.807, 2.05) is 102 Å². The van der Waals surface area contributed by atoms with Crippen molar-refractivity contribution in [3.05, 3.63) is 159 Å². The van der Waals surface area contributed by atoms with Gasteiger partial charge in [0.15, 0.2) is 12.2 Å². The van der Waals surface area contributed by atoms with Crippen LogP contribution in [0.25, 0.3) is 61.6 Å². The summed E-state index contributed by atoms with van der Waals surface area (Å²) in [4.78, 5) is 22.3. The zero-order chi connectivity index (χ0) is 33.3. The molecule has 4 aromatic carbocycles. The molecule has 5 heterocycles. The Bertz CT molecular complexity index is 2460. The van der Waals surface area contributed by atoms with Gasteiger partial charge >= 0.3 is 40.8 Å².